The molecule has 2 rings (SSSR count). The van der Waals surface area contributed by atoms with E-state index in [2.05, 4.69) is 15.9 Å². The topological polar surface area (TPSA) is 0 Å². The Bertz CT molecular complexity index is 540. The van der Waals surface area contributed by atoms with Crippen LogP contribution in [0.3, 0.4) is 0 Å². The van der Waals surface area contributed by atoms with Crippen molar-refractivity contribution in [2.24, 2.45) is 0 Å². The van der Waals surface area contributed by atoms with Crippen molar-refractivity contribution in [3.8, 4) is 0 Å². The fourth-order valence-electron chi connectivity index (χ4n) is 1.53. The Balaban J connectivity index is 2.40. The summed E-state index contributed by atoms with van der Waals surface area (Å²) in [5, 5.41) is 1.82. The molecule has 0 nitrogen and oxygen atoms in total. The van der Waals surface area contributed by atoms with Gasteiger partial charge in [-0.25, -0.2) is 0 Å². The minimum Gasteiger partial charge on any atom is -0.0840 e. The van der Waals surface area contributed by atoms with Gasteiger partial charge in [0, 0.05) is 5.02 Å². The number of hydrogen-bond acceptors (Lipinski definition) is 0. The number of benzene rings is 2. The lowest BCUT2D eigenvalue weighted by molar-refractivity contribution is 1.18. The molecule has 0 aliphatic carbocycles. The number of alkyl halides is 1. The van der Waals surface area contributed by atoms with Gasteiger partial charge in [0.05, 0.1) is 14.9 Å². The van der Waals surface area contributed by atoms with Gasteiger partial charge in [-0.3, -0.25) is 0 Å². The third kappa shape index (κ3) is 2.97. The Morgan fingerprint density at radius 2 is 1.53 bits per heavy atom. The molecule has 1 unspecified atom stereocenters. The van der Waals surface area contributed by atoms with Crippen molar-refractivity contribution in [1.82, 2.24) is 0 Å². The van der Waals surface area contributed by atoms with Crippen LogP contribution in [0.5, 0.6) is 0 Å². The first kappa shape index (κ1) is 13.2. The van der Waals surface area contributed by atoms with Gasteiger partial charge >= 0.3 is 0 Å². The average molecular weight is 350 g/mol. The zero-order valence-electron chi connectivity index (χ0n) is 8.63. The molecule has 0 N–H and O–H groups in total. The second-order valence-electron chi connectivity index (χ2n) is 3.56. The van der Waals surface area contributed by atoms with Crippen LogP contribution in [0, 0.1) is 0 Å². The molecule has 2 aromatic carbocycles. The van der Waals surface area contributed by atoms with Crippen LogP contribution in [0.4, 0.5) is 0 Å². The summed E-state index contributed by atoms with van der Waals surface area (Å²) in [6.07, 6.45) is 0. The highest BCUT2D eigenvalue weighted by Gasteiger charge is 2.14. The third-order valence-corrected chi connectivity index (χ3v) is 4.52. The summed E-state index contributed by atoms with van der Waals surface area (Å²) in [7, 11) is 0. The van der Waals surface area contributed by atoms with Crippen LogP contribution in [0.2, 0.25) is 15.1 Å². The van der Waals surface area contributed by atoms with Crippen molar-refractivity contribution in [2.45, 2.75) is 4.83 Å². The maximum Gasteiger partial charge on any atom is 0.0659 e. The normalized spacial score (nSPS) is 12.5. The Kier molecular flexibility index (Phi) is 4.37. The van der Waals surface area contributed by atoms with E-state index in [0.717, 1.165) is 16.1 Å². The van der Waals surface area contributed by atoms with Gasteiger partial charge in [-0.05, 0) is 29.3 Å². The largest absolute Gasteiger partial charge is 0.0840 e. The van der Waals surface area contributed by atoms with Gasteiger partial charge in [-0.2, -0.15) is 0 Å². The van der Waals surface area contributed by atoms with E-state index < -0.39 is 0 Å². The Morgan fingerprint density at radius 1 is 0.824 bits per heavy atom. The van der Waals surface area contributed by atoms with Crippen molar-refractivity contribution in [2.75, 3.05) is 0 Å². The van der Waals surface area contributed by atoms with Gasteiger partial charge in [-0.15, -0.1) is 0 Å². The summed E-state index contributed by atoms with van der Waals surface area (Å²) in [4.78, 5) is 0.00552. The smallest absolute Gasteiger partial charge is 0.0659 e. The predicted molar refractivity (Wildman–Crippen MR) is 78.7 cm³/mol. The van der Waals surface area contributed by atoms with Crippen LogP contribution in [0.15, 0.2) is 42.5 Å². The molecule has 0 amide bonds. The van der Waals surface area contributed by atoms with E-state index in [9.17, 15) is 0 Å². The van der Waals surface area contributed by atoms with Gasteiger partial charge in [0.15, 0.2) is 0 Å². The molecule has 0 aliphatic heterocycles. The van der Waals surface area contributed by atoms with E-state index in [0.29, 0.717) is 10.0 Å². The van der Waals surface area contributed by atoms with Crippen molar-refractivity contribution in [3.63, 3.8) is 0 Å². The summed E-state index contributed by atoms with van der Waals surface area (Å²) >= 11 is 21.7. The van der Waals surface area contributed by atoms with Gasteiger partial charge in [0.1, 0.15) is 0 Å². The van der Waals surface area contributed by atoms with Gasteiger partial charge in [-0.1, -0.05) is 75.0 Å². The fraction of sp³-hybridized carbons (Fsp3) is 0.0769. The van der Waals surface area contributed by atoms with Crippen LogP contribution in [-0.4, -0.2) is 0 Å². The van der Waals surface area contributed by atoms with Crippen molar-refractivity contribution in [3.05, 3.63) is 68.7 Å². The molecule has 0 radical (unpaired) electrons. The molecule has 0 heterocycles. The quantitative estimate of drug-likeness (QED) is 0.571. The molecule has 0 aromatic heterocycles. The molecule has 0 saturated carbocycles. The summed E-state index contributed by atoms with van der Waals surface area (Å²) in [5.41, 5.74) is 2.03. The third-order valence-electron chi connectivity index (χ3n) is 2.41. The summed E-state index contributed by atoms with van der Waals surface area (Å²) < 4.78 is 0. The highest BCUT2D eigenvalue weighted by molar-refractivity contribution is 9.09. The molecule has 88 valence electrons. The number of halogens is 4. The summed E-state index contributed by atoms with van der Waals surface area (Å²) in [6.45, 7) is 0. The highest BCUT2D eigenvalue weighted by atomic mass is 79.9. The first-order chi connectivity index (χ1) is 8.09. The van der Waals surface area contributed by atoms with Crippen molar-refractivity contribution >= 4 is 50.7 Å². The maximum absolute atomic E-state index is 6.15. The molecule has 0 saturated heterocycles. The molecule has 17 heavy (non-hydrogen) atoms. The van der Waals surface area contributed by atoms with Crippen LogP contribution in [-0.2, 0) is 0 Å². The first-order valence-corrected chi connectivity index (χ1v) is 6.98. The van der Waals surface area contributed by atoms with E-state index >= 15 is 0 Å². The Morgan fingerprint density at radius 3 is 2.18 bits per heavy atom. The molecule has 0 fully saturated rings. The van der Waals surface area contributed by atoms with E-state index in [1.807, 2.05) is 36.4 Å². The minimum absolute atomic E-state index is 0.00552. The van der Waals surface area contributed by atoms with Crippen LogP contribution in [0.1, 0.15) is 16.0 Å². The minimum atomic E-state index is 0.00552. The van der Waals surface area contributed by atoms with E-state index in [1.165, 1.54) is 0 Å². The van der Waals surface area contributed by atoms with Gasteiger partial charge in [0.25, 0.3) is 0 Å². The molecule has 0 bridgehead atoms. The molecule has 4 heteroatoms. The van der Waals surface area contributed by atoms with Crippen molar-refractivity contribution < 1.29 is 0 Å². The second kappa shape index (κ2) is 5.62. The lowest BCUT2D eigenvalue weighted by Crippen LogP contribution is -1.93. The van der Waals surface area contributed by atoms with Crippen LogP contribution >= 0.6 is 50.7 Å². The van der Waals surface area contributed by atoms with E-state index in [1.54, 1.807) is 6.07 Å². The van der Waals surface area contributed by atoms with Crippen LogP contribution in [0.25, 0.3) is 0 Å². The number of rotatable bonds is 2. The Labute approximate surface area is 124 Å². The monoisotopic (exact) mass is 348 g/mol. The van der Waals surface area contributed by atoms with E-state index in [-0.39, 0.29) is 4.83 Å². The van der Waals surface area contributed by atoms with Gasteiger partial charge < -0.3 is 0 Å². The molecule has 1 atom stereocenters. The lowest BCUT2D eigenvalue weighted by atomic mass is 10.1. The fourth-order valence-corrected chi connectivity index (χ4v) is 2.90. The molecular weight excluding hydrogens is 342 g/mol. The van der Waals surface area contributed by atoms with E-state index in [4.69, 9.17) is 34.8 Å². The lowest BCUT2D eigenvalue weighted by Gasteiger charge is -2.13. The average Bonchev–Trinajstić information content (AvgIpc) is 2.32. The summed E-state index contributed by atoms with van der Waals surface area (Å²) in [6, 6.07) is 13.2. The zero-order valence-corrected chi connectivity index (χ0v) is 12.5. The van der Waals surface area contributed by atoms with Gasteiger partial charge in [0.2, 0.25) is 0 Å². The second-order valence-corrected chi connectivity index (χ2v) is 5.69. The van der Waals surface area contributed by atoms with Crippen LogP contribution < -0.4 is 0 Å². The summed E-state index contributed by atoms with van der Waals surface area (Å²) in [5.74, 6) is 0. The zero-order chi connectivity index (χ0) is 12.4. The standard InChI is InChI=1S/C13H8BrCl3/c14-13(9-3-1-2-4-10(9)15)8-5-6-11(16)12(17)7-8/h1-7,13H. The molecule has 2 aromatic rings. The molecular formula is C13H8BrCl3. The van der Waals surface area contributed by atoms with Crippen molar-refractivity contribution in [1.29, 1.82) is 0 Å². The predicted octanol–water partition coefficient (Wildman–Crippen LogP) is 6.13. The SMILES string of the molecule is Clc1ccc(C(Br)c2ccccc2Cl)cc1Cl. The Hall–Kier alpha value is -0.210. The highest BCUT2D eigenvalue weighted by Crippen LogP contribution is 2.37. The maximum atomic E-state index is 6.15. The number of hydrogen-bond donors (Lipinski definition) is 0. The molecule has 0 aliphatic rings. The molecule has 0 spiro atoms. The first-order valence-electron chi connectivity index (χ1n) is 4.93.